The Bertz CT molecular complexity index is 895. The molecule has 23 heavy (non-hydrogen) atoms. The number of aromatic carboxylic acids is 1. The number of halogens is 1. The predicted molar refractivity (Wildman–Crippen MR) is 88.3 cm³/mol. The number of hydrogen-bond donors (Lipinski definition) is 3. The molecule has 6 heteroatoms. The van der Waals surface area contributed by atoms with Crippen LogP contribution in [0.15, 0.2) is 54.6 Å². The molecule has 3 rings (SSSR count). The first-order valence-electron chi connectivity index (χ1n) is 6.73. The number of nitrogens with one attached hydrogen (secondary N) is 1. The van der Waals surface area contributed by atoms with Crippen molar-refractivity contribution in [3.05, 3.63) is 65.2 Å². The molecular formula is C17H12ClNO4. The Morgan fingerprint density at radius 1 is 1.04 bits per heavy atom. The number of rotatable bonds is 4. The molecule has 3 aromatic rings. The summed E-state index contributed by atoms with van der Waals surface area (Å²) in [6.45, 7) is 0. The fourth-order valence-corrected chi connectivity index (χ4v) is 2.54. The van der Waals surface area contributed by atoms with Crippen molar-refractivity contribution < 1.29 is 19.8 Å². The molecule has 0 heterocycles. The standard InChI is InChI=1S/C17H12ClNO4/c18-12-8-9-14(20)10-5-3-6-13(16(10)12)19-23-15-7-2-1-4-11(15)17(21)22/h1-9,19-20H,(H,21,22). The van der Waals surface area contributed by atoms with E-state index in [1.54, 1.807) is 42.5 Å². The zero-order valence-electron chi connectivity index (χ0n) is 11.8. The summed E-state index contributed by atoms with van der Waals surface area (Å²) in [4.78, 5) is 16.6. The summed E-state index contributed by atoms with van der Waals surface area (Å²) in [5.74, 6) is -0.816. The number of phenols is 1. The zero-order valence-corrected chi connectivity index (χ0v) is 12.5. The van der Waals surface area contributed by atoms with Crippen molar-refractivity contribution in [2.75, 3.05) is 5.48 Å². The summed E-state index contributed by atoms with van der Waals surface area (Å²) < 4.78 is 0. The largest absolute Gasteiger partial charge is 0.507 e. The monoisotopic (exact) mass is 329 g/mol. The van der Waals surface area contributed by atoms with Gasteiger partial charge in [0.15, 0.2) is 5.75 Å². The third-order valence-corrected chi connectivity index (χ3v) is 3.67. The normalized spacial score (nSPS) is 10.5. The maximum atomic E-state index is 11.2. The Morgan fingerprint density at radius 2 is 1.83 bits per heavy atom. The molecule has 0 fully saturated rings. The van der Waals surface area contributed by atoms with Gasteiger partial charge in [-0.2, -0.15) is 0 Å². The molecule has 0 spiro atoms. The van der Waals surface area contributed by atoms with E-state index in [0.29, 0.717) is 21.5 Å². The molecule has 0 aliphatic rings. The molecule has 0 saturated heterocycles. The van der Waals surface area contributed by atoms with Crippen LogP contribution >= 0.6 is 11.6 Å². The molecule has 0 aliphatic heterocycles. The topological polar surface area (TPSA) is 78.8 Å². The second-order valence-electron chi connectivity index (χ2n) is 4.80. The highest BCUT2D eigenvalue weighted by Gasteiger charge is 2.12. The summed E-state index contributed by atoms with van der Waals surface area (Å²) in [7, 11) is 0. The third-order valence-electron chi connectivity index (χ3n) is 3.36. The lowest BCUT2D eigenvalue weighted by molar-refractivity contribution is 0.0693. The molecule has 3 aromatic carbocycles. The van der Waals surface area contributed by atoms with Gasteiger partial charge >= 0.3 is 5.97 Å². The van der Waals surface area contributed by atoms with Crippen molar-refractivity contribution in [1.82, 2.24) is 0 Å². The summed E-state index contributed by atoms with van der Waals surface area (Å²) in [6.07, 6.45) is 0. The van der Waals surface area contributed by atoms with E-state index < -0.39 is 5.97 Å². The molecule has 0 saturated carbocycles. The van der Waals surface area contributed by atoms with Crippen LogP contribution in [0.3, 0.4) is 0 Å². The second kappa shape index (κ2) is 6.06. The molecule has 116 valence electrons. The van der Waals surface area contributed by atoms with E-state index in [9.17, 15) is 9.90 Å². The average Bonchev–Trinajstić information content (AvgIpc) is 2.56. The van der Waals surface area contributed by atoms with Crippen molar-refractivity contribution in [2.24, 2.45) is 0 Å². The van der Waals surface area contributed by atoms with Crippen molar-refractivity contribution >= 4 is 34.0 Å². The molecule has 0 bridgehead atoms. The van der Waals surface area contributed by atoms with Gasteiger partial charge in [-0.1, -0.05) is 35.9 Å². The van der Waals surface area contributed by atoms with Gasteiger partial charge in [-0.3, -0.25) is 0 Å². The van der Waals surface area contributed by atoms with Crippen LogP contribution in [0.4, 0.5) is 5.69 Å². The first kappa shape index (κ1) is 15.0. The van der Waals surface area contributed by atoms with Gasteiger partial charge < -0.3 is 15.1 Å². The molecule has 5 nitrogen and oxygen atoms in total. The lowest BCUT2D eigenvalue weighted by Crippen LogP contribution is -2.09. The van der Waals surface area contributed by atoms with Crippen LogP contribution in [-0.4, -0.2) is 16.2 Å². The number of carbonyl (C=O) groups is 1. The Hall–Kier alpha value is -2.92. The highest BCUT2D eigenvalue weighted by atomic mass is 35.5. The van der Waals surface area contributed by atoms with Crippen LogP contribution in [0.2, 0.25) is 5.02 Å². The minimum atomic E-state index is -1.09. The fourth-order valence-electron chi connectivity index (χ4n) is 2.28. The van der Waals surface area contributed by atoms with Gasteiger partial charge in [-0.25, -0.2) is 10.3 Å². The van der Waals surface area contributed by atoms with Gasteiger partial charge in [0.25, 0.3) is 0 Å². The Kier molecular flexibility index (Phi) is 3.95. The zero-order chi connectivity index (χ0) is 16.4. The Labute approximate surface area is 136 Å². The van der Waals surface area contributed by atoms with Crippen LogP contribution < -0.4 is 10.3 Å². The minimum Gasteiger partial charge on any atom is -0.507 e. The number of para-hydroxylation sites is 1. The van der Waals surface area contributed by atoms with Crippen molar-refractivity contribution in [3.8, 4) is 11.5 Å². The van der Waals surface area contributed by atoms with Crippen LogP contribution in [0.1, 0.15) is 10.4 Å². The van der Waals surface area contributed by atoms with E-state index in [-0.39, 0.29) is 17.1 Å². The van der Waals surface area contributed by atoms with E-state index in [1.165, 1.54) is 12.1 Å². The molecule has 0 atom stereocenters. The van der Waals surface area contributed by atoms with Gasteiger partial charge in [-0.15, -0.1) is 0 Å². The maximum absolute atomic E-state index is 11.2. The first-order chi connectivity index (χ1) is 11.1. The number of carboxylic acid groups (broad SMARTS) is 1. The number of carboxylic acids is 1. The number of benzene rings is 3. The summed E-state index contributed by atoms with van der Waals surface area (Å²) in [5.41, 5.74) is 3.26. The van der Waals surface area contributed by atoms with E-state index in [1.807, 2.05) is 0 Å². The number of phenolic OH excluding ortho intramolecular Hbond substituents is 1. The van der Waals surface area contributed by atoms with Crippen LogP contribution in [0, 0.1) is 0 Å². The van der Waals surface area contributed by atoms with Crippen molar-refractivity contribution in [3.63, 3.8) is 0 Å². The molecular weight excluding hydrogens is 318 g/mol. The smallest absolute Gasteiger partial charge is 0.339 e. The number of hydrogen-bond acceptors (Lipinski definition) is 4. The Balaban J connectivity index is 1.98. The highest BCUT2D eigenvalue weighted by Crippen LogP contribution is 2.35. The molecule has 3 N–H and O–H groups in total. The first-order valence-corrected chi connectivity index (χ1v) is 7.11. The van der Waals surface area contributed by atoms with Crippen LogP contribution in [0.25, 0.3) is 10.8 Å². The molecule has 0 radical (unpaired) electrons. The van der Waals surface area contributed by atoms with Crippen LogP contribution in [-0.2, 0) is 0 Å². The highest BCUT2D eigenvalue weighted by molar-refractivity contribution is 6.37. The number of anilines is 1. The lowest BCUT2D eigenvalue weighted by atomic mass is 10.1. The average molecular weight is 330 g/mol. The SMILES string of the molecule is O=C(O)c1ccccc1ONc1cccc2c(O)ccc(Cl)c12. The van der Waals surface area contributed by atoms with E-state index in [0.717, 1.165) is 0 Å². The summed E-state index contributed by atoms with van der Waals surface area (Å²) >= 11 is 6.20. The van der Waals surface area contributed by atoms with E-state index >= 15 is 0 Å². The molecule has 0 unspecified atom stereocenters. The van der Waals surface area contributed by atoms with Crippen molar-refractivity contribution in [1.29, 1.82) is 0 Å². The van der Waals surface area contributed by atoms with Gasteiger partial charge in [0.1, 0.15) is 11.3 Å². The van der Waals surface area contributed by atoms with E-state index in [2.05, 4.69) is 5.48 Å². The predicted octanol–water partition coefficient (Wildman–Crippen LogP) is 4.30. The van der Waals surface area contributed by atoms with Crippen LogP contribution in [0.5, 0.6) is 11.5 Å². The molecule has 0 aliphatic carbocycles. The Morgan fingerprint density at radius 3 is 2.61 bits per heavy atom. The fraction of sp³-hybridized carbons (Fsp3) is 0. The van der Waals surface area contributed by atoms with Gasteiger partial charge in [0, 0.05) is 10.8 Å². The molecule has 0 aromatic heterocycles. The second-order valence-corrected chi connectivity index (χ2v) is 5.21. The van der Waals surface area contributed by atoms with Gasteiger partial charge in [-0.05, 0) is 30.3 Å². The quantitative estimate of drug-likeness (QED) is 0.622. The minimum absolute atomic E-state index is 0.0363. The summed E-state index contributed by atoms with van der Waals surface area (Å²) in [6, 6.07) is 14.5. The number of fused-ring (bicyclic) bond motifs is 1. The lowest BCUT2D eigenvalue weighted by Gasteiger charge is -2.13. The number of aromatic hydroxyl groups is 1. The maximum Gasteiger partial charge on any atom is 0.339 e. The van der Waals surface area contributed by atoms with Gasteiger partial charge in [0.05, 0.1) is 10.7 Å². The third kappa shape index (κ3) is 2.86. The molecule has 0 amide bonds. The van der Waals surface area contributed by atoms with Gasteiger partial charge in [0.2, 0.25) is 0 Å². The summed E-state index contributed by atoms with van der Waals surface area (Å²) in [5, 5.41) is 20.7. The van der Waals surface area contributed by atoms with E-state index in [4.69, 9.17) is 21.5 Å². The van der Waals surface area contributed by atoms with Crippen molar-refractivity contribution in [2.45, 2.75) is 0 Å².